The van der Waals surface area contributed by atoms with Crippen molar-refractivity contribution in [2.45, 2.75) is 0 Å². The zero-order valence-corrected chi connectivity index (χ0v) is 4.61. The third-order valence-corrected chi connectivity index (χ3v) is 0. The molecule has 0 aromatic carbocycles. The average Bonchev–Trinajstić information content (AvgIpc) is 1.25. The van der Waals surface area contributed by atoms with E-state index >= 15 is 0 Å². The van der Waals surface area contributed by atoms with Crippen LogP contribution in [-0.4, -0.2) is 180 Å². The Balaban J connectivity index is -0.00000000600. The Morgan fingerprint density at radius 2 is 0.643 bits per heavy atom. The molecule has 0 saturated heterocycles. The zero-order chi connectivity index (χ0) is 7.15. The third-order valence-electron chi connectivity index (χ3n) is 0. The van der Waals surface area contributed by atoms with Gasteiger partial charge in [0, 0.05) is 0 Å². The van der Waals surface area contributed by atoms with Crippen LogP contribution in [0.15, 0.2) is 0 Å². The largest absolute Gasteiger partial charge is 0.316 e. The van der Waals surface area contributed by atoms with E-state index in [4.69, 9.17) is 30.0 Å². The molecule has 8 nitrogen and oxygen atoms in total. The Bertz CT molecular complexity index is 80.6. The van der Waals surface area contributed by atoms with Crippen molar-refractivity contribution in [3.8, 4) is 0 Å². The summed E-state index contributed by atoms with van der Waals surface area (Å²) in [5.41, 5.74) is 0. The molecule has 8 N–H and O–H groups in total. The summed E-state index contributed by atoms with van der Waals surface area (Å²) in [6, 6.07) is 0. The van der Waals surface area contributed by atoms with Gasteiger partial charge in [0.2, 0.25) is 0 Å². The number of hydrogen-bond acceptors (Lipinski definition) is 2. The number of hydrogen-bond donors (Lipinski definition) is 4. The summed E-state index contributed by atoms with van der Waals surface area (Å²) in [4.78, 5) is 17.1. The van der Waals surface area contributed by atoms with Crippen LogP contribution in [0.3, 0.4) is 0 Å². The van der Waals surface area contributed by atoms with Crippen LogP contribution in [0.25, 0.3) is 0 Å². The van der Waals surface area contributed by atoms with Crippen molar-refractivity contribution in [1.29, 1.82) is 0 Å². The van der Waals surface area contributed by atoms with E-state index in [0.29, 0.717) is 0 Å². The molecule has 0 heterocycles. The van der Waals surface area contributed by atoms with E-state index in [9.17, 15) is 0 Å². The summed E-state index contributed by atoms with van der Waals surface area (Å²) >= 11 is 0. The first-order valence-electron chi connectivity index (χ1n) is 1.30. The number of carbonyl (C=O) groups is 2. The monoisotopic (exact) mass is 312 g/mol. The normalized spacial score (nSPS) is 3.43. The quantitative estimate of drug-likeness (QED) is 0.326. The Morgan fingerprint density at radius 3 is 0.643 bits per heavy atom. The molecule has 12 heteroatoms. The molecule has 0 aromatic heterocycles. The first-order valence-corrected chi connectivity index (χ1v) is 1.30. The van der Waals surface area contributed by atoms with Crippen LogP contribution < -0.4 is 0 Å². The number of rotatable bonds is 0. The SMILES string of the molecule is O.O.O=C(O)O.O=C(O)O.[CaH2].[CaH2].[CaH2].[MgH2]. The summed E-state index contributed by atoms with van der Waals surface area (Å²) in [5, 5.41) is 27.9. The van der Waals surface area contributed by atoms with Gasteiger partial charge >= 0.3 is 149 Å². The van der Waals surface area contributed by atoms with Crippen molar-refractivity contribution in [3.63, 3.8) is 0 Å². The Morgan fingerprint density at radius 1 is 0.643 bits per heavy atom. The molecular formula is C2H16Ca3MgO8. The van der Waals surface area contributed by atoms with Crippen LogP contribution in [0.2, 0.25) is 0 Å². The fraction of sp³-hybridized carbons (Fsp3) is 0. The summed E-state index contributed by atoms with van der Waals surface area (Å²) in [7, 11) is 0. The molecule has 0 amide bonds. The van der Waals surface area contributed by atoms with Crippen molar-refractivity contribution in [3.05, 3.63) is 0 Å². The topological polar surface area (TPSA) is 178 Å². The molecule has 0 aliphatic rings. The van der Waals surface area contributed by atoms with Crippen LogP contribution in [0.4, 0.5) is 9.59 Å². The van der Waals surface area contributed by atoms with E-state index in [0.717, 1.165) is 0 Å². The minimum Gasteiger partial charge on any atom is 0.316 e. The molecule has 0 aromatic rings. The van der Waals surface area contributed by atoms with Crippen molar-refractivity contribution in [2.75, 3.05) is 0 Å². The van der Waals surface area contributed by atoms with E-state index in [1.54, 1.807) is 0 Å². The van der Waals surface area contributed by atoms with Crippen LogP contribution in [0, 0.1) is 0 Å². The molecule has 0 aliphatic carbocycles. The maximum absolute atomic E-state index is 8.56. The predicted molar refractivity (Wildman–Crippen MR) is 62.7 cm³/mol. The Hall–Kier alpha value is 3.01. The van der Waals surface area contributed by atoms with Crippen LogP contribution in [0.1, 0.15) is 0 Å². The summed E-state index contributed by atoms with van der Waals surface area (Å²) in [5.74, 6) is 0. The van der Waals surface area contributed by atoms with Crippen molar-refractivity contribution < 1.29 is 41.0 Å². The fourth-order valence-electron chi connectivity index (χ4n) is 0. The van der Waals surface area contributed by atoms with E-state index in [2.05, 4.69) is 0 Å². The zero-order valence-electron chi connectivity index (χ0n) is 4.61. The van der Waals surface area contributed by atoms with Gasteiger partial charge in [0.15, 0.2) is 0 Å². The van der Waals surface area contributed by atoms with E-state index < -0.39 is 12.3 Å². The van der Waals surface area contributed by atoms with Gasteiger partial charge in [-0.25, -0.2) is 9.59 Å². The molecule has 0 unspecified atom stereocenters. The van der Waals surface area contributed by atoms with Gasteiger partial charge in [0.1, 0.15) is 0 Å². The first-order chi connectivity index (χ1) is 3.46. The Kier molecular flexibility index (Phi) is 171. The summed E-state index contributed by atoms with van der Waals surface area (Å²) < 4.78 is 0. The summed E-state index contributed by atoms with van der Waals surface area (Å²) in [6.45, 7) is 0. The maximum atomic E-state index is 8.56. The molecule has 0 saturated carbocycles. The van der Waals surface area contributed by atoms with Gasteiger partial charge in [0.25, 0.3) is 0 Å². The molecule has 80 valence electrons. The van der Waals surface area contributed by atoms with Crippen molar-refractivity contribution in [1.82, 2.24) is 0 Å². The van der Waals surface area contributed by atoms with Gasteiger partial charge in [-0.3, -0.25) is 0 Å². The molecule has 0 aliphatic heterocycles. The molecule has 0 spiro atoms. The minimum absolute atomic E-state index is 0. The molecule has 0 radical (unpaired) electrons. The predicted octanol–water partition coefficient (Wildman–Crippen LogP) is -4.87. The second-order valence-electron chi connectivity index (χ2n) is 0.565. The van der Waals surface area contributed by atoms with Gasteiger partial charge in [-0.05, 0) is 0 Å². The first kappa shape index (κ1) is 53.7. The minimum atomic E-state index is -1.83. The molecule has 0 atom stereocenters. The van der Waals surface area contributed by atoms with Gasteiger partial charge in [0.05, 0.1) is 0 Å². The molecule has 0 rings (SSSR count). The van der Waals surface area contributed by atoms with Gasteiger partial charge in [-0.1, -0.05) is 0 Å². The molecule has 14 heavy (non-hydrogen) atoms. The van der Waals surface area contributed by atoms with Gasteiger partial charge < -0.3 is 31.4 Å². The van der Waals surface area contributed by atoms with E-state index in [1.165, 1.54) is 0 Å². The second kappa shape index (κ2) is 44.4. The summed E-state index contributed by atoms with van der Waals surface area (Å²) in [6.07, 6.45) is -3.67. The second-order valence-corrected chi connectivity index (χ2v) is 0.565. The maximum Gasteiger partial charge on any atom is 0.316 e. The standard InChI is InChI=1S/2CH2O3.3Ca.Mg.2H2O.8H/c2*2-1(3)4;;;;;;;;;;;;;;/h2*(H2,2,3,4);;;;;2*1H2;;;;;;;;. The van der Waals surface area contributed by atoms with Crippen molar-refractivity contribution >= 4 is 149 Å². The van der Waals surface area contributed by atoms with Crippen molar-refractivity contribution in [2.24, 2.45) is 0 Å². The average molecular weight is 313 g/mol. The third kappa shape index (κ3) is 326. The molecule has 0 bridgehead atoms. The molecular weight excluding hydrogens is 297 g/mol. The number of carboxylic acid groups (broad SMARTS) is 4. The molecule has 0 fully saturated rings. The fourth-order valence-corrected chi connectivity index (χ4v) is 0. The Labute approximate surface area is 185 Å². The van der Waals surface area contributed by atoms with E-state index in [1.807, 2.05) is 0 Å². The van der Waals surface area contributed by atoms with Crippen LogP contribution >= 0.6 is 0 Å². The smallest absolute Gasteiger partial charge is 0.316 e. The van der Waals surface area contributed by atoms with Gasteiger partial charge in [-0.2, -0.15) is 0 Å². The van der Waals surface area contributed by atoms with Gasteiger partial charge in [-0.15, -0.1) is 0 Å². The van der Waals surface area contributed by atoms with Crippen LogP contribution in [-0.2, 0) is 0 Å². The van der Waals surface area contributed by atoms with Crippen LogP contribution in [0.5, 0.6) is 0 Å². The van der Waals surface area contributed by atoms with E-state index in [-0.39, 0.29) is 147 Å².